The van der Waals surface area contributed by atoms with Crippen LogP contribution < -0.4 is 0 Å². The average Bonchev–Trinajstić information content (AvgIpc) is 2.87. The van der Waals surface area contributed by atoms with Crippen molar-refractivity contribution in [2.45, 2.75) is 19.6 Å². The molecule has 0 amide bonds. The molecule has 0 N–H and O–H groups in total. The van der Waals surface area contributed by atoms with E-state index in [9.17, 15) is 0 Å². The zero-order valence-corrected chi connectivity index (χ0v) is 19.4. The first-order valence-corrected chi connectivity index (χ1v) is 13.3. The highest BCUT2D eigenvalue weighted by atomic mass is 32.2. The summed E-state index contributed by atoms with van der Waals surface area (Å²) in [6.07, 6.45) is 0. The Kier molecular flexibility index (Phi) is 6.43. The van der Waals surface area contributed by atoms with E-state index in [1.54, 1.807) is 0 Å². The zero-order chi connectivity index (χ0) is 21.6. The molecule has 4 heteroatoms. The van der Waals surface area contributed by atoms with Gasteiger partial charge in [0.1, 0.15) is 0 Å². The molecule has 0 saturated carbocycles. The summed E-state index contributed by atoms with van der Waals surface area (Å²) in [5, 5.41) is 0. The summed E-state index contributed by atoms with van der Waals surface area (Å²) in [6, 6.07) is 42.2. The minimum Gasteiger partial charge on any atom is -0.258 e. The highest BCUT2D eigenvalue weighted by molar-refractivity contribution is 8.16. The Balaban J connectivity index is 2.38. The first kappa shape index (κ1) is 21.2. The van der Waals surface area contributed by atoms with E-state index in [0.29, 0.717) is 0 Å². The van der Waals surface area contributed by atoms with Crippen LogP contribution >= 0.6 is 0 Å². The van der Waals surface area contributed by atoms with Crippen LogP contribution in [0.3, 0.4) is 0 Å². The molecule has 0 spiro atoms. The minimum atomic E-state index is -1.94. The van der Waals surface area contributed by atoms with Crippen LogP contribution in [0.25, 0.3) is 0 Å². The second-order valence-corrected chi connectivity index (χ2v) is 12.5. The predicted octanol–water partition coefficient (Wildman–Crippen LogP) is 6.79. The van der Waals surface area contributed by atoms with Crippen LogP contribution in [0.5, 0.6) is 0 Å². The summed E-state index contributed by atoms with van der Waals surface area (Å²) >= 11 is 0. The van der Waals surface area contributed by atoms with Crippen LogP contribution in [0, 0.1) is 0 Å². The standard InChI is InChI=1S/C27H26N2S2/c1-28-30(24-15-7-3-8-16-24,25-17-9-4-10-18-25)23-31(29-2,26-19-11-5-12-20-26)27-21-13-6-14-22-27/h3-22H,1-2H3. The Morgan fingerprint density at radius 2 is 0.645 bits per heavy atom. The van der Waals surface area contributed by atoms with E-state index in [1.807, 2.05) is 38.4 Å². The summed E-state index contributed by atoms with van der Waals surface area (Å²) in [7, 11) is -0.0494. The van der Waals surface area contributed by atoms with Crippen molar-refractivity contribution in [3.05, 3.63) is 121 Å². The van der Waals surface area contributed by atoms with Gasteiger partial charge in [0.2, 0.25) is 0 Å². The largest absolute Gasteiger partial charge is 0.258 e. The summed E-state index contributed by atoms with van der Waals surface area (Å²) in [6.45, 7) is 0. The lowest BCUT2D eigenvalue weighted by molar-refractivity contribution is 1.34. The number of hydrogen-bond acceptors (Lipinski definition) is 2. The quantitative estimate of drug-likeness (QED) is 0.311. The molecular formula is C27H26N2S2. The van der Waals surface area contributed by atoms with Gasteiger partial charge in [-0.1, -0.05) is 72.8 Å². The third kappa shape index (κ3) is 3.98. The fourth-order valence-corrected chi connectivity index (χ4v) is 10.7. The first-order valence-electron chi connectivity index (χ1n) is 10.1. The minimum absolute atomic E-state index is 1.16. The fourth-order valence-electron chi connectivity index (χ4n) is 3.61. The van der Waals surface area contributed by atoms with Gasteiger partial charge < -0.3 is 0 Å². The molecule has 0 aliphatic carbocycles. The van der Waals surface area contributed by atoms with Gasteiger partial charge in [0.05, 0.1) is 0 Å². The fraction of sp³-hybridized carbons (Fsp3) is 0.0741. The Hall–Kier alpha value is -3.04. The lowest BCUT2D eigenvalue weighted by atomic mass is 10.4. The maximum absolute atomic E-state index is 5.08. The highest BCUT2D eigenvalue weighted by Crippen LogP contribution is 2.28. The number of benzene rings is 4. The molecule has 0 atom stereocenters. The van der Waals surface area contributed by atoms with Crippen LogP contribution in [0.4, 0.5) is 0 Å². The molecule has 0 heterocycles. The molecule has 4 rings (SSSR count). The van der Waals surface area contributed by atoms with Crippen LogP contribution in [0.2, 0.25) is 0 Å². The second kappa shape index (κ2) is 9.40. The SMILES string of the molecule is CN=S(=C=S(=NC)(c1ccccc1)c1ccccc1)(c1ccccc1)c1ccccc1. The van der Waals surface area contributed by atoms with E-state index in [0.717, 1.165) is 19.6 Å². The van der Waals surface area contributed by atoms with E-state index >= 15 is 0 Å². The van der Waals surface area contributed by atoms with Crippen molar-refractivity contribution in [3.63, 3.8) is 0 Å². The molecule has 4 aromatic rings. The van der Waals surface area contributed by atoms with Crippen molar-refractivity contribution in [2.75, 3.05) is 14.1 Å². The Morgan fingerprint density at radius 3 is 0.839 bits per heavy atom. The molecule has 0 aliphatic rings. The monoisotopic (exact) mass is 442 g/mol. The molecule has 4 aromatic carbocycles. The topological polar surface area (TPSA) is 24.7 Å². The average molecular weight is 443 g/mol. The van der Waals surface area contributed by atoms with Crippen molar-refractivity contribution >= 4 is 23.1 Å². The molecule has 0 aromatic heterocycles. The van der Waals surface area contributed by atoms with Gasteiger partial charge in [-0.3, -0.25) is 8.73 Å². The third-order valence-corrected chi connectivity index (χ3v) is 12.0. The lowest BCUT2D eigenvalue weighted by Crippen LogP contribution is -2.10. The molecule has 0 aliphatic heterocycles. The molecule has 0 bridgehead atoms. The number of rotatable bonds is 4. The predicted molar refractivity (Wildman–Crippen MR) is 135 cm³/mol. The van der Waals surface area contributed by atoms with E-state index in [2.05, 4.69) is 101 Å². The van der Waals surface area contributed by atoms with Crippen LogP contribution in [-0.4, -0.2) is 18.4 Å². The van der Waals surface area contributed by atoms with Gasteiger partial charge in [-0.25, -0.2) is 0 Å². The van der Waals surface area contributed by atoms with Crippen LogP contribution in [0.15, 0.2) is 150 Å². The summed E-state index contributed by atoms with van der Waals surface area (Å²) < 4.78 is 14.2. The van der Waals surface area contributed by atoms with E-state index in [-0.39, 0.29) is 0 Å². The van der Waals surface area contributed by atoms with Crippen LogP contribution in [-0.2, 0) is 18.8 Å². The van der Waals surface area contributed by atoms with Crippen molar-refractivity contribution in [2.24, 2.45) is 8.73 Å². The summed E-state index contributed by atoms with van der Waals surface area (Å²) in [4.78, 5) is 4.65. The van der Waals surface area contributed by atoms with Gasteiger partial charge >= 0.3 is 0 Å². The molecule has 31 heavy (non-hydrogen) atoms. The first-order chi connectivity index (χ1) is 15.2. The number of nitrogens with zero attached hydrogens (tertiary/aromatic N) is 2. The normalized spacial score (nSPS) is 11.4. The van der Waals surface area contributed by atoms with Crippen molar-refractivity contribution in [3.8, 4) is 0 Å². The van der Waals surface area contributed by atoms with E-state index in [4.69, 9.17) is 8.73 Å². The van der Waals surface area contributed by atoms with E-state index in [1.165, 1.54) is 0 Å². The van der Waals surface area contributed by atoms with Gasteiger partial charge in [-0.05, 0) is 71.7 Å². The molecule has 0 radical (unpaired) electrons. The van der Waals surface area contributed by atoms with Gasteiger partial charge in [0.15, 0.2) is 0 Å². The summed E-state index contributed by atoms with van der Waals surface area (Å²) in [5.41, 5.74) is 0. The van der Waals surface area contributed by atoms with Crippen molar-refractivity contribution < 1.29 is 0 Å². The van der Waals surface area contributed by atoms with Crippen LogP contribution in [0.1, 0.15) is 0 Å². The maximum Gasteiger partial charge on any atom is 0.0355 e. The second-order valence-electron chi connectivity index (χ2n) is 6.86. The van der Waals surface area contributed by atoms with Gasteiger partial charge in [0.25, 0.3) is 0 Å². The smallest absolute Gasteiger partial charge is 0.0355 e. The molecule has 0 saturated heterocycles. The van der Waals surface area contributed by atoms with Gasteiger partial charge in [0, 0.05) is 33.7 Å². The molecule has 0 unspecified atom stereocenters. The summed E-state index contributed by atoms with van der Waals surface area (Å²) in [5.74, 6) is 0. The maximum atomic E-state index is 5.08. The van der Waals surface area contributed by atoms with Gasteiger partial charge in [-0.2, -0.15) is 0 Å². The molecule has 2 nitrogen and oxygen atoms in total. The van der Waals surface area contributed by atoms with E-state index < -0.39 is 18.8 Å². The molecule has 0 fully saturated rings. The Morgan fingerprint density at radius 1 is 0.419 bits per heavy atom. The Bertz CT molecular complexity index is 1200. The Labute approximate surface area is 186 Å². The zero-order valence-electron chi connectivity index (χ0n) is 17.8. The molecular weight excluding hydrogens is 416 g/mol. The van der Waals surface area contributed by atoms with Crippen molar-refractivity contribution in [1.82, 2.24) is 0 Å². The number of hydrogen-bond donors (Lipinski definition) is 0. The third-order valence-electron chi connectivity index (χ3n) is 5.13. The highest BCUT2D eigenvalue weighted by Gasteiger charge is 2.16. The van der Waals surface area contributed by atoms with Gasteiger partial charge in [-0.15, -0.1) is 0 Å². The molecule has 156 valence electrons. The van der Waals surface area contributed by atoms with Crippen molar-refractivity contribution in [1.29, 1.82) is 0 Å². The lowest BCUT2D eigenvalue weighted by Gasteiger charge is -2.20.